The summed E-state index contributed by atoms with van der Waals surface area (Å²) >= 11 is 0. The minimum absolute atomic E-state index is 0.254. The van der Waals surface area contributed by atoms with Crippen molar-refractivity contribution in [3.63, 3.8) is 0 Å². The molecular formula is C23H24N6O. The van der Waals surface area contributed by atoms with Gasteiger partial charge in [0.2, 0.25) is 0 Å². The first kappa shape index (κ1) is 19.7. The summed E-state index contributed by atoms with van der Waals surface area (Å²) in [5, 5.41) is 7.57. The molecule has 2 aromatic heterocycles. The highest BCUT2D eigenvalue weighted by molar-refractivity contribution is 6.32. The first-order chi connectivity index (χ1) is 14.7. The summed E-state index contributed by atoms with van der Waals surface area (Å²) in [6.45, 7) is 5.99. The van der Waals surface area contributed by atoms with Gasteiger partial charge < -0.3 is 10.3 Å². The lowest BCUT2D eigenvalue weighted by Gasteiger charge is -2.08. The van der Waals surface area contributed by atoms with E-state index in [1.807, 2.05) is 24.3 Å². The number of hydrogen-bond donors (Lipinski definition) is 3. The summed E-state index contributed by atoms with van der Waals surface area (Å²) in [6.07, 6.45) is 7.54. The van der Waals surface area contributed by atoms with Crippen molar-refractivity contribution in [2.75, 3.05) is 13.1 Å². The van der Waals surface area contributed by atoms with Gasteiger partial charge in [0.15, 0.2) is 0 Å². The van der Waals surface area contributed by atoms with Crippen LogP contribution in [-0.4, -0.2) is 39.7 Å². The zero-order valence-electron chi connectivity index (χ0n) is 17.1. The standard InChI is InChI=1S/C23H24N6O/c1-3-24-10-9-17-15(2)27-19(21(17)16-7-5-4-6-8-16)13-18-22(28-29-23(18)30)20-14-25-11-12-26-20/h4-8,11-14,24,27H,3,9-10H2,1-2H3,(H,29,30). The quantitative estimate of drug-likeness (QED) is 0.420. The fraction of sp³-hybridized carbons (Fsp3) is 0.217. The number of aryl methyl sites for hydroxylation is 1. The van der Waals surface area contributed by atoms with Gasteiger partial charge in [-0.15, -0.1) is 0 Å². The van der Waals surface area contributed by atoms with E-state index in [0.717, 1.165) is 42.0 Å². The molecule has 0 radical (unpaired) electrons. The zero-order valence-corrected chi connectivity index (χ0v) is 17.1. The fourth-order valence-electron chi connectivity index (χ4n) is 3.67. The number of amides is 1. The van der Waals surface area contributed by atoms with Gasteiger partial charge in [0, 0.05) is 29.3 Å². The molecule has 4 rings (SSSR count). The lowest BCUT2D eigenvalue weighted by atomic mass is 9.96. The first-order valence-corrected chi connectivity index (χ1v) is 10.0. The molecule has 0 unspecified atom stereocenters. The SMILES string of the molecule is CCNCCc1c(C)[nH]c(C=C2C(=O)NN=C2c2cnccn2)c1-c1ccccc1. The largest absolute Gasteiger partial charge is 0.358 e. The molecule has 0 atom stereocenters. The maximum Gasteiger partial charge on any atom is 0.273 e. The summed E-state index contributed by atoms with van der Waals surface area (Å²) < 4.78 is 0. The Balaban J connectivity index is 1.81. The van der Waals surface area contributed by atoms with E-state index in [4.69, 9.17) is 0 Å². The van der Waals surface area contributed by atoms with Crippen LogP contribution in [0.4, 0.5) is 0 Å². The van der Waals surface area contributed by atoms with Crippen LogP contribution < -0.4 is 10.7 Å². The van der Waals surface area contributed by atoms with Crippen LogP contribution in [0.15, 0.2) is 59.6 Å². The minimum atomic E-state index is -0.254. The third-order valence-corrected chi connectivity index (χ3v) is 5.07. The van der Waals surface area contributed by atoms with Crippen LogP contribution in [0.2, 0.25) is 0 Å². The van der Waals surface area contributed by atoms with Crippen molar-refractivity contribution >= 4 is 17.7 Å². The van der Waals surface area contributed by atoms with Gasteiger partial charge in [0.25, 0.3) is 5.91 Å². The number of aromatic amines is 1. The molecule has 3 heterocycles. The second-order valence-electron chi connectivity index (χ2n) is 7.04. The Labute approximate surface area is 175 Å². The Morgan fingerprint density at radius 2 is 2.00 bits per heavy atom. The van der Waals surface area contributed by atoms with Crippen LogP contribution in [0, 0.1) is 6.92 Å². The smallest absolute Gasteiger partial charge is 0.273 e. The Kier molecular flexibility index (Phi) is 5.81. The Morgan fingerprint density at radius 1 is 1.17 bits per heavy atom. The van der Waals surface area contributed by atoms with Crippen molar-refractivity contribution in [3.8, 4) is 11.1 Å². The second-order valence-corrected chi connectivity index (χ2v) is 7.04. The molecule has 3 aromatic rings. The molecule has 0 bridgehead atoms. The van der Waals surface area contributed by atoms with Crippen molar-refractivity contribution in [1.82, 2.24) is 25.7 Å². The number of carbonyl (C=O) groups excluding carboxylic acids is 1. The van der Waals surface area contributed by atoms with Gasteiger partial charge in [-0.2, -0.15) is 5.10 Å². The van der Waals surface area contributed by atoms with Gasteiger partial charge in [0.05, 0.1) is 11.8 Å². The van der Waals surface area contributed by atoms with Gasteiger partial charge in [-0.25, -0.2) is 5.43 Å². The second kappa shape index (κ2) is 8.84. The van der Waals surface area contributed by atoms with Gasteiger partial charge in [0.1, 0.15) is 11.4 Å². The van der Waals surface area contributed by atoms with E-state index in [1.54, 1.807) is 18.6 Å². The Bertz CT molecular complexity index is 1100. The molecule has 0 spiro atoms. The molecule has 7 nitrogen and oxygen atoms in total. The third kappa shape index (κ3) is 3.92. The molecule has 1 amide bonds. The predicted molar refractivity (Wildman–Crippen MR) is 118 cm³/mol. The average Bonchev–Trinajstić information content (AvgIpc) is 3.29. The van der Waals surface area contributed by atoms with Crippen LogP contribution in [0.25, 0.3) is 17.2 Å². The fourth-order valence-corrected chi connectivity index (χ4v) is 3.67. The van der Waals surface area contributed by atoms with E-state index in [1.165, 1.54) is 5.56 Å². The molecule has 0 fully saturated rings. The molecule has 0 aliphatic carbocycles. The molecule has 1 aliphatic heterocycles. The van der Waals surface area contributed by atoms with Gasteiger partial charge >= 0.3 is 0 Å². The highest BCUT2D eigenvalue weighted by Crippen LogP contribution is 2.32. The van der Waals surface area contributed by atoms with E-state index >= 15 is 0 Å². The Hall–Kier alpha value is -3.58. The van der Waals surface area contributed by atoms with Crippen molar-refractivity contribution in [3.05, 3.63) is 77.1 Å². The van der Waals surface area contributed by atoms with Crippen LogP contribution in [0.3, 0.4) is 0 Å². The number of benzene rings is 1. The molecule has 0 saturated carbocycles. The van der Waals surface area contributed by atoms with Gasteiger partial charge in [-0.05, 0) is 43.6 Å². The molecule has 1 aliphatic rings. The molecule has 1 aromatic carbocycles. The van der Waals surface area contributed by atoms with Crippen molar-refractivity contribution in [2.24, 2.45) is 5.10 Å². The number of nitrogens with one attached hydrogen (secondary N) is 3. The number of aromatic nitrogens is 3. The zero-order chi connectivity index (χ0) is 20.9. The average molecular weight is 400 g/mol. The summed E-state index contributed by atoms with van der Waals surface area (Å²) in [4.78, 5) is 24.4. The molecular weight excluding hydrogens is 376 g/mol. The first-order valence-electron chi connectivity index (χ1n) is 10.0. The molecule has 152 valence electrons. The van der Waals surface area contributed by atoms with Crippen LogP contribution >= 0.6 is 0 Å². The van der Waals surface area contributed by atoms with Gasteiger partial charge in [-0.1, -0.05) is 37.3 Å². The normalized spacial score (nSPS) is 14.8. The maximum absolute atomic E-state index is 12.5. The summed E-state index contributed by atoms with van der Waals surface area (Å²) in [6, 6.07) is 10.2. The molecule has 0 saturated heterocycles. The number of hydrazone groups is 1. The number of nitrogens with zero attached hydrogens (tertiary/aromatic N) is 3. The van der Waals surface area contributed by atoms with Gasteiger partial charge in [-0.3, -0.25) is 14.8 Å². The van der Waals surface area contributed by atoms with Crippen LogP contribution in [0.1, 0.15) is 29.6 Å². The van der Waals surface area contributed by atoms with Crippen molar-refractivity contribution in [1.29, 1.82) is 0 Å². The minimum Gasteiger partial charge on any atom is -0.358 e. The monoisotopic (exact) mass is 400 g/mol. The van der Waals surface area contributed by atoms with E-state index in [9.17, 15) is 4.79 Å². The molecule has 30 heavy (non-hydrogen) atoms. The molecule has 7 heteroatoms. The number of likely N-dealkylation sites (N-methyl/N-ethyl adjacent to an activating group) is 1. The predicted octanol–water partition coefficient (Wildman–Crippen LogP) is 2.85. The number of carbonyl (C=O) groups is 1. The summed E-state index contributed by atoms with van der Waals surface area (Å²) in [7, 11) is 0. The van der Waals surface area contributed by atoms with Crippen molar-refractivity contribution in [2.45, 2.75) is 20.3 Å². The van der Waals surface area contributed by atoms with Crippen LogP contribution in [0.5, 0.6) is 0 Å². The Morgan fingerprint density at radius 3 is 2.73 bits per heavy atom. The van der Waals surface area contributed by atoms with Crippen molar-refractivity contribution < 1.29 is 4.79 Å². The highest BCUT2D eigenvalue weighted by atomic mass is 16.2. The topological polar surface area (TPSA) is 95.1 Å². The van der Waals surface area contributed by atoms with Crippen LogP contribution in [-0.2, 0) is 11.2 Å². The number of H-pyrrole nitrogens is 1. The lowest BCUT2D eigenvalue weighted by Crippen LogP contribution is -2.16. The highest BCUT2D eigenvalue weighted by Gasteiger charge is 2.26. The number of rotatable bonds is 7. The molecule has 3 N–H and O–H groups in total. The summed E-state index contributed by atoms with van der Waals surface area (Å²) in [5.41, 5.74) is 9.50. The number of hydrogen-bond acceptors (Lipinski definition) is 5. The van der Waals surface area contributed by atoms with E-state index in [0.29, 0.717) is 17.0 Å². The maximum atomic E-state index is 12.5. The summed E-state index contributed by atoms with van der Waals surface area (Å²) in [5.74, 6) is -0.254. The van der Waals surface area contributed by atoms with E-state index in [2.05, 4.69) is 56.8 Å². The lowest BCUT2D eigenvalue weighted by molar-refractivity contribution is -0.116. The van der Waals surface area contributed by atoms with E-state index < -0.39 is 0 Å². The van der Waals surface area contributed by atoms with E-state index in [-0.39, 0.29) is 5.91 Å². The third-order valence-electron chi connectivity index (χ3n) is 5.07.